The van der Waals surface area contributed by atoms with E-state index in [0.29, 0.717) is 17.1 Å². The SMILES string of the molecule is C=CCCCN(C)C(=O)c1cnccc1Cl. The highest BCUT2D eigenvalue weighted by molar-refractivity contribution is 6.33. The first-order valence-electron chi connectivity index (χ1n) is 5.12. The molecule has 16 heavy (non-hydrogen) atoms. The van der Waals surface area contributed by atoms with Crippen LogP contribution in [0.1, 0.15) is 23.2 Å². The third kappa shape index (κ3) is 3.35. The van der Waals surface area contributed by atoms with Crippen LogP contribution in [0.4, 0.5) is 0 Å². The van der Waals surface area contributed by atoms with Gasteiger partial charge in [-0.3, -0.25) is 9.78 Å². The van der Waals surface area contributed by atoms with Gasteiger partial charge in [0.25, 0.3) is 5.91 Å². The highest BCUT2D eigenvalue weighted by atomic mass is 35.5. The summed E-state index contributed by atoms with van der Waals surface area (Å²) < 4.78 is 0. The monoisotopic (exact) mass is 238 g/mol. The number of pyridine rings is 1. The lowest BCUT2D eigenvalue weighted by Gasteiger charge is -2.17. The Labute approximate surface area is 101 Å². The normalized spacial score (nSPS) is 9.88. The molecule has 0 aliphatic carbocycles. The summed E-state index contributed by atoms with van der Waals surface area (Å²) >= 11 is 5.92. The molecule has 0 atom stereocenters. The van der Waals surface area contributed by atoms with Gasteiger partial charge in [-0.1, -0.05) is 17.7 Å². The maximum atomic E-state index is 11.9. The van der Waals surface area contributed by atoms with E-state index in [0.717, 1.165) is 12.8 Å². The van der Waals surface area contributed by atoms with Crippen molar-refractivity contribution in [2.24, 2.45) is 0 Å². The first-order valence-corrected chi connectivity index (χ1v) is 5.50. The number of rotatable bonds is 5. The highest BCUT2D eigenvalue weighted by Crippen LogP contribution is 2.15. The van der Waals surface area contributed by atoms with Crippen LogP contribution in [0.3, 0.4) is 0 Å². The van der Waals surface area contributed by atoms with Gasteiger partial charge in [-0.2, -0.15) is 0 Å². The molecule has 4 heteroatoms. The van der Waals surface area contributed by atoms with Crippen LogP contribution < -0.4 is 0 Å². The van der Waals surface area contributed by atoms with Crippen LogP contribution in [0.2, 0.25) is 5.02 Å². The number of hydrogen-bond acceptors (Lipinski definition) is 2. The summed E-state index contributed by atoms with van der Waals surface area (Å²) in [4.78, 5) is 17.5. The summed E-state index contributed by atoms with van der Waals surface area (Å²) in [5.74, 6) is -0.0952. The van der Waals surface area contributed by atoms with E-state index in [1.54, 1.807) is 24.2 Å². The van der Waals surface area contributed by atoms with Crippen LogP contribution in [0.5, 0.6) is 0 Å². The van der Waals surface area contributed by atoms with Gasteiger partial charge < -0.3 is 4.90 Å². The zero-order chi connectivity index (χ0) is 12.0. The molecule has 0 aliphatic heterocycles. The molecule has 0 spiro atoms. The van der Waals surface area contributed by atoms with Crippen molar-refractivity contribution < 1.29 is 4.79 Å². The molecule has 1 rings (SSSR count). The largest absolute Gasteiger partial charge is 0.342 e. The van der Waals surface area contributed by atoms with Crippen LogP contribution in [0.15, 0.2) is 31.1 Å². The predicted molar refractivity (Wildman–Crippen MR) is 65.6 cm³/mol. The van der Waals surface area contributed by atoms with Crippen molar-refractivity contribution in [1.82, 2.24) is 9.88 Å². The molecule has 86 valence electrons. The molecule has 0 aromatic carbocycles. The zero-order valence-electron chi connectivity index (χ0n) is 9.32. The number of nitrogens with zero attached hydrogens (tertiary/aromatic N) is 2. The molecule has 0 bridgehead atoms. The van der Waals surface area contributed by atoms with Crippen molar-refractivity contribution in [1.29, 1.82) is 0 Å². The molecule has 3 nitrogen and oxygen atoms in total. The van der Waals surface area contributed by atoms with E-state index in [4.69, 9.17) is 11.6 Å². The average Bonchev–Trinajstić information content (AvgIpc) is 2.29. The topological polar surface area (TPSA) is 33.2 Å². The van der Waals surface area contributed by atoms with Crippen molar-refractivity contribution in [3.05, 3.63) is 41.7 Å². The molecule has 0 aliphatic rings. The molecule has 0 saturated heterocycles. The number of allylic oxidation sites excluding steroid dienone is 1. The van der Waals surface area contributed by atoms with Crippen molar-refractivity contribution in [3.8, 4) is 0 Å². The molecular formula is C12H15ClN2O. The van der Waals surface area contributed by atoms with Gasteiger partial charge in [-0.05, 0) is 18.9 Å². The summed E-state index contributed by atoms with van der Waals surface area (Å²) in [6, 6.07) is 1.62. The lowest BCUT2D eigenvalue weighted by molar-refractivity contribution is 0.0793. The number of aromatic nitrogens is 1. The average molecular weight is 239 g/mol. The van der Waals surface area contributed by atoms with Crippen molar-refractivity contribution in [2.45, 2.75) is 12.8 Å². The fraction of sp³-hybridized carbons (Fsp3) is 0.333. The number of amides is 1. The maximum absolute atomic E-state index is 11.9. The Morgan fingerprint density at radius 3 is 3.06 bits per heavy atom. The highest BCUT2D eigenvalue weighted by Gasteiger charge is 2.14. The second-order valence-electron chi connectivity index (χ2n) is 3.51. The van der Waals surface area contributed by atoms with Gasteiger partial charge in [0.15, 0.2) is 0 Å². The van der Waals surface area contributed by atoms with Gasteiger partial charge in [-0.15, -0.1) is 6.58 Å². The summed E-state index contributed by atoms with van der Waals surface area (Å²) in [6.45, 7) is 4.33. The van der Waals surface area contributed by atoms with Crippen LogP contribution >= 0.6 is 11.6 Å². The number of hydrogen-bond donors (Lipinski definition) is 0. The van der Waals surface area contributed by atoms with Crippen LogP contribution in [0.25, 0.3) is 0 Å². The number of carbonyl (C=O) groups is 1. The van der Waals surface area contributed by atoms with E-state index in [1.807, 2.05) is 6.08 Å². The Hall–Kier alpha value is -1.35. The van der Waals surface area contributed by atoms with E-state index in [2.05, 4.69) is 11.6 Å². The lowest BCUT2D eigenvalue weighted by Crippen LogP contribution is -2.28. The van der Waals surface area contributed by atoms with E-state index < -0.39 is 0 Å². The summed E-state index contributed by atoms with van der Waals surface area (Å²) in [5, 5.41) is 0.440. The van der Waals surface area contributed by atoms with Gasteiger partial charge in [0.2, 0.25) is 0 Å². The third-order valence-corrected chi connectivity index (χ3v) is 2.58. The molecule has 1 aromatic heterocycles. The fourth-order valence-corrected chi connectivity index (χ4v) is 1.50. The Kier molecular flexibility index (Phi) is 4.99. The molecule has 0 fully saturated rings. The Bertz CT molecular complexity index is 379. The molecule has 1 aromatic rings. The van der Waals surface area contributed by atoms with Crippen LogP contribution in [0, 0.1) is 0 Å². The Balaban J connectivity index is 2.63. The van der Waals surface area contributed by atoms with Crippen LogP contribution in [-0.4, -0.2) is 29.4 Å². The molecule has 0 N–H and O–H groups in total. The maximum Gasteiger partial charge on any atom is 0.256 e. The second kappa shape index (κ2) is 6.28. The fourth-order valence-electron chi connectivity index (χ4n) is 1.31. The van der Waals surface area contributed by atoms with Crippen LogP contribution in [-0.2, 0) is 0 Å². The van der Waals surface area contributed by atoms with Crippen molar-refractivity contribution in [2.75, 3.05) is 13.6 Å². The smallest absolute Gasteiger partial charge is 0.256 e. The Morgan fingerprint density at radius 2 is 2.44 bits per heavy atom. The third-order valence-electron chi connectivity index (χ3n) is 2.25. The number of carbonyl (C=O) groups excluding carboxylic acids is 1. The van der Waals surface area contributed by atoms with E-state index >= 15 is 0 Å². The van der Waals surface area contributed by atoms with Gasteiger partial charge in [0.1, 0.15) is 0 Å². The first-order chi connectivity index (χ1) is 7.66. The second-order valence-corrected chi connectivity index (χ2v) is 3.92. The van der Waals surface area contributed by atoms with Gasteiger partial charge in [0, 0.05) is 26.0 Å². The minimum Gasteiger partial charge on any atom is -0.342 e. The molecule has 0 saturated carbocycles. The van der Waals surface area contributed by atoms with E-state index in [1.165, 1.54) is 6.20 Å². The molecule has 0 radical (unpaired) electrons. The summed E-state index contributed by atoms with van der Waals surface area (Å²) in [7, 11) is 1.76. The molecule has 0 unspecified atom stereocenters. The minimum absolute atomic E-state index is 0.0952. The standard InChI is InChI=1S/C12H15ClN2O/c1-3-4-5-8-15(2)12(16)10-9-14-7-6-11(10)13/h3,6-7,9H,1,4-5,8H2,2H3. The summed E-state index contributed by atoms with van der Waals surface area (Å²) in [6.07, 6.45) is 6.71. The van der Waals surface area contributed by atoms with Crippen molar-refractivity contribution >= 4 is 17.5 Å². The van der Waals surface area contributed by atoms with Gasteiger partial charge in [-0.25, -0.2) is 0 Å². The molecular weight excluding hydrogens is 224 g/mol. The summed E-state index contributed by atoms with van der Waals surface area (Å²) in [5.41, 5.74) is 0.449. The van der Waals surface area contributed by atoms with Gasteiger partial charge in [0.05, 0.1) is 10.6 Å². The minimum atomic E-state index is -0.0952. The lowest BCUT2D eigenvalue weighted by atomic mass is 10.2. The Morgan fingerprint density at radius 1 is 1.69 bits per heavy atom. The van der Waals surface area contributed by atoms with E-state index in [-0.39, 0.29) is 5.91 Å². The predicted octanol–water partition coefficient (Wildman–Crippen LogP) is 2.77. The number of halogens is 1. The number of unbranched alkanes of at least 4 members (excludes halogenated alkanes) is 1. The zero-order valence-corrected chi connectivity index (χ0v) is 10.1. The molecule has 1 amide bonds. The molecule has 1 heterocycles. The quantitative estimate of drug-likeness (QED) is 0.584. The van der Waals surface area contributed by atoms with E-state index in [9.17, 15) is 4.79 Å². The van der Waals surface area contributed by atoms with Gasteiger partial charge >= 0.3 is 0 Å². The van der Waals surface area contributed by atoms with Crippen molar-refractivity contribution in [3.63, 3.8) is 0 Å². The first kappa shape index (κ1) is 12.7.